The van der Waals surface area contributed by atoms with Crippen molar-refractivity contribution in [2.24, 2.45) is 15.8 Å². The Morgan fingerprint density at radius 3 is 1.92 bits per heavy atom. The van der Waals surface area contributed by atoms with Crippen LogP contribution in [0, 0.1) is 10.8 Å². The molecule has 0 radical (unpaired) electrons. The van der Waals surface area contributed by atoms with E-state index in [1.807, 2.05) is 0 Å². The Morgan fingerprint density at radius 2 is 1.48 bits per heavy atom. The minimum Gasteiger partial charge on any atom is -0.260 e. The van der Waals surface area contributed by atoms with E-state index in [2.05, 4.69) is 72.9 Å². The van der Waals surface area contributed by atoms with Gasteiger partial charge in [-0.25, -0.2) is 0 Å². The maximum absolute atomic E-state index is 5.20. The minimum absolute atomic E-state index is 0.287. The number of benzene rings is 1. The van der Waals surface area contributed by atoms with Crippen molar-refractivity contribution in [1.82, 2.24) is 0 Å². The second-order valence-corrected chi connectivity index (χ2v) is 10.0. The molecule has 140 valence electrons. The summed E-state index contributed by atoms with van der Waals surface area (Å²) in [5.74, 6) is 1.02. The first-order valence-corrected chi connectivity index (χ1v) is 10.3. The predicted molar refractivity (Wildman–Crippen MR) is 112 cm³/mol. The van der Waals surface area contributed by atoms with E-state index < -0.39 is 0 Å². The van der Waals surface area contributed by atoms with Gasteiger partial charge in [-0.05, 0) is 47.6 Å². The molecule has 0 unspecified atom stereocenters. The minimum atomic E-state index is 0.287. The van der Waals surface area contributed by atoms with Crippen molar-refractivity contribution in [2.75, 3.05) is 0 Å². The van der Waals surface area contributed by atoms with Gasteiger partial charge in [0.05, 0.1) is 5.69 Å². The molecule has 1 aromatic carbocycles. The molecule has 0 atom stereocenters. The highest BCUT2D eigenvalue weighted by Gasteiger charge is 2.34. The highest BCUT2D eigenvalue weighted by Crippen LogP contribution is 2.44. The van der Waals surface area contributed by atoms with Crippen LogP contribution in [0.2, 0.25) is 0 Å². The van der Waals surface area contributed by atoms with E-state index >= 15 is 0 Å². The number of nitrogens with zero attached hydrogens (tertiary/aromatic N) is 1. The summed E-state index contributed by atoms with van der Waals surface area (Å²) in [6.45, 7) is 16.2. The Bertz CT molecular complexity index is 554. The van der Waals surface area contributed by atoms with Crippen LogP contribution in [0.3, 0.4) is 0 Å². The van der Waals surface area contributed by atoms with Crippen molar-refractivity contribution < 1.29 is 0 Å². The van der Waals surface area contributed by atoms with Gasteiger partial charge in [0.25, 0.3) is 0 Å². The lowest BCUT2D eigenvalue weighted by molar-refractivity contribution is 0.190. The van der Waals surface area contributed by atoms with Gasteiger partial charge in [-0.2, -0.15) is 0 Å². The summed E-state index contributed by atoms with van der Waals surface area (Å²) in [4.78, 5) is 5.20. The molecule has 0 bridgehead atoms. The summed E-state index contributed by atoms with van der Waals surface area (Å²) in [5, 5.41) is 0. The van der Waals surface area contributed by atoms with Gasteiger partial charge in [0.2, 0.25) is 0 Å². The van der Waals surface area contributed by atoms with E-state index in [1.54, 1.807) is 0 Å². The second-order valence-electron chi connectivity index (χ2n) is 10.0. The van der Waals surface area contributed by atoms with E-state index in [9.17, 15) is 0 Å². The van der Waals surface area contributed by atoms with E-state index in [-0.39, 0.29) is 5.41 Å². The Balaban J connectivity index is 2.44. The SMILES string of the molecule is CC(C)c1cccc(C(C)C)c1/N=C/C1(CC(C)(C)C)CCCCC1. The lowest BCUT2D eigenvalue weighted by atomic mass is 9.66. The average Bonchev–Trinajstić information content (AvgIpc) is 2.51. The molecule has 1 fully saturated rings. The van der Waals surface area contributed by atoms with E-state index in [0.717, 1.165) is 0 Å². The Hall–Kier alpha value is -1.11. The molecule has 1 aliphatic rings. The van der Waals surface area contributed by atoms with Crippen LogP contribution in [0.15, 0.2) is 23.2 Å². The molecule has 0 heterocycles. The summed E-state index contributed by atoms with van der Waals surface area (Å²) in [6, 6.07) is 6.73. The van der Waals surface area contributed by atoms with Crippen molar-refractivity contribution in [3.05, 3.63) is 29.3 Å². The first-order chi connectivity index (χ1) is 11.6. The fraction of sp³-hybridized carbons (Fsp3) is 0.708. The zero-order chi connectivity index (χ0) is 18.7. The highest BCUT2D eigenvalue weighted by molar-refractivity contribution is 5.73. The normalized spacial score (nSPS) is 18.4. The van der Waals surface area contributed by atoms with Gasteiger partial charge in [0, 0.05) is 11.6 Å². The fourth-order valence-electron chi connectivity index (χ4n) is 4.53. The summed E-state index contributed by atoms with van der Waals surface area (Å²) in [5.41, 5.74) is 4.66. The standard InChI is InChI=1S/C24H39N/c1-18(2)20-12-11-13-21(19(3)4)22(20)25-17-24(16-23(5,6)7)14-9-8-10-15-24/h11-13,17-19H,8-10,14-16H2,1-7H3/b25-17+. The van der Waals surface area contributed by atoms with Crippen molar-refractivity contribution in [3.8, 4) is 0 Å². The molecule has 25 heavy (non-hydrogen) atoms. The molecule has 1 heteroatoms. The Kier molecular flexibility index (Phi) is 6.51. The quantitative estimate of drug-likeness (QED) is 0.481. The topological polar surface area (TPSA) is 12.4 Å². The summed E-state index contributed by atoms with van der Waals surface area (Å²) < 4.78 is 0. The summed E-state index contributed by atoms with van der Waals surface area (Å²) in [6.07, 6.45) is 10.3. The lowest BCUT2D eigenvalue weighted by Crippen LogP contribution is -2.31. The monoisotopic (exact) mass is 341 g/mol. The maximum atomic E-state index is 5.20. The molecule has 0 N–H and O–H groups in total. The molecule has 1 aromatic rings. The zero-order valence-corrected chi connectivity index (χ0v) is 17.7. The second kappa shape index (κ2) is 8.06. The van der Waals surface area contributed by atoms with E-state index in [0.29, 0.717) is 17.3 Å². The smallest absolute Gasteiger partial charge is 0.0695 e. The molecule has 0 aromatic heterocycles. The van der Waals surface area contributed by atoms with Crippen LogP contribution < -0.4 is 0 Å². The van der Waals surface area contributed by atoms with Crippen molar-refractivity contribution >= 4 is 11.9 Å². The number of hydrogen-bond donors (Lipinski definition) is 0. The van der Waals surface area contributed by atoms with Crippen LogP contribution in [-0.4, -0.2) is 6.21 Å². The van der Waals surface area contributed by atoms with Gasteiger partial charge in [0.15, 0.2) is 0 Å². The van der Waals surface area contributed by atoms with Crippen LogP contribution in [0.4, 0.5) is 5.69 Å². The van der Waals surface area contributed by atoms with E-state index in [4.69, 9.17) is 4.99 Å². The predicted octanol–water partition coefficient (Wildman–Crippen LogP) is 8.02. The third-order valence-corrected chi connectivity index (χ3v) is 5.54. The molecule has 1 nitrogen and oxygen atoms in total. The van der Waals surface area contributed by atoms with Crippen LogP contribution in [0.1, 0.15) is 110 Å². The molecule has 1 aliphatic carbocycles. The van der Waals surface area contributed by atoms with Crippen LogP contribution >= 0.6 is 0 Å². The summed E-state index contributed by atoms with van der Waals surface area (Å²) >= 11 is 0. The van der Waals surface area contributed by atoms with Crippen LogP contribution in [0.5, 0.6) is 0 Å². The average molecular weight is 342 g/mol. The highest BCUT2D eigenvalue weighted by atomic mass is 14.8. The van der Waals surface area contributed by atoms with Crippen molar-refractivity contribution in [2.45, 2.75) is 98.8 Å². The van der Waals surface area contributed by atoms with Gasteiger partial charge < -0.3 is 0 Å². The van der Waals surface area contributed by atoms with Gasteiger partial charge in [-0.3, -0.25) is 4.99 Å². The fourth-order valence-corrected chi connectivity index (χ4v) is 4.53. The summed E-state index contributed by atoms with van der Waals surface area (Å²) in [7, 11) is 0. The van der Waals surface area contributed by atoms with Gasteiger partial charge in [0.1, 0.15) is 0 Å². The Morgan fingerprint density at radius 1 is 0.960 bits per heavy atom. The molecular weight excluding hydrogens is 302 g/mol. The maximum Gasteiger partial charge on any atom is 0.0695 e. The molecule has 2 rings (SSSR count). The molecule has 0 amide bonds. The van der Waals surface area contributed by atoms with Gasteiger partial charge >= 0.3 is 0 Å². The zero-order valence-electron chi connectivity index (χ0n) is 17.7. The third kappa shape index (κ3) is 5.43. The third-order valence-electron chi connectivity index (χ3n) is 5.54. The van der Waals surface area contributed by atoms with Crippen LogP contribution in [-0.2, 0) is 0 Å². The largest absolute Gasteiger partial charge is 0.260 e. The number of aliphatic imine (C=N–C) groups is 1. The molecular formula is C24H39N. The van der Waals surface area contributed by atoms with Crippen molar-refractivity contribution in [1.29, 1.82) is 0 Å². The molecule has 0 spiro atoms. The Labute approximate surface area is 156 Å². The van der Waals surface area contributed by atoms with E-state index in [1.165, 1.54) is 55.3 Å². The lowest BCUT2D eigenvalue weighted by Gasteiger charge is -2.39. The van der Waals surface area contributed by atoms with Crippen molar-refractivity contribution in [3.63, 3.8) is 0 Å². The van der Waals surface area contributed by atoms with Gasteiger partial charge in [-0.15, -0.1) is 0 Å². The molecule has 1 saturated carbocycles. The molecule has 0 saturated heterocycles. The van der Waals surface area contributed by atoms with Gasteiger partial charge in [-0.1, -0.05) is 85.9 Å². The number of hydrogen-bond acceptors (Lipinski definition) is 1. The first kappa shape index (κ1) is 20.2. The van der Waals surface area contributed by atoms with Crippen LogP contribution in [0.25, 0.3) is 0 Å². The first-order valence-electron chi connectivity index (χ1n) is 10.3. The molecule has 0 aliphatic heterocycles. The number of para-hydroxylation sites is 1. The number of rotatable bonds is 5.